The zero-order valence-corrected chi connectivity index (χ0v) is 23.3. The Morgan fingerprint density at radius 3 is 2.54 bits per heavy atom. The molecule has 5 aromatic rings. The first-order valence-corrected chi connectivity index (χ1v) is 13.7. The summed E-state index contributed by atoms with van der Waals surface area (Å²) in [6.07, 6.45) is 2.05. The highest BCUT2D eigenvalue weighted by Gasteiger charge is 2.31. The maximum atomic E-state index is 12.1. The first-order valence-electron chi connectivity index (χ1n) is 13.3. The summed E-state index contributed by atoms with van der Waals surface area (Å²) in [6.45, 7) is 6.88. The average molecular weight is 541 g/mol. The Hall–Kier alpha value is -3.83. The highest BCUT2D eigenvalue weighted by atomic mass is 35.5. The van der Waals surface area contributed by atoms with E-state index < -0.39 is 11.4 Å². The standard InChI is InChI=1S/C33H33ClN2O3/c1-4-17-36-30-19-26(39-21-25-14-11-23-7-5-6-8-29(23)35-25)15-16-27(30)28(18-22-9-12-24(34)13-10-22)31(36)20-33(2,3)32(37)38/h5-16,19H,4,17-18,20-21H2,1-3H3,(H,37,38). The number of carboxylic acid groups (broad SMARTS) is 1. The number of carbonyl (C=O) groups is 1. The van der Waals surface area contributed by atoms with Gasteiger partial charge in [-0.2, -0.15) is 0 Å². The number of pyridine rings is 1. The van der Waals surface area contributed by atoms with Crippen LogP contribution < -0.4 is 4.74 Å². The molecule has 0 aliphatic carbocycles. The molecule has 39 heavy (non-hydrogen) atoms. The summed E-state index contributed by atoms with van der Waals surface area (Å²) >= 11 is 6.14. The van der Waals surface area contributed by atoms with E-state index in [-0.39, 0.29) is 0 Å². The second kappa shape index (κ2) is 11.1. The van der Waals surface area contributed by atoms with Gasteiger partial charge < -0.3 is 14.4 Å². The number of ether oxygens (including phenoxy) is 1. The number of benzene rings is 3. The second-order valence-electron chi connectivity index (χ2n) is 10.7. The lowest BCUT2D eigenvalue weighted by Crippen LogP contribution is -2.28. The molecular formula is C33H33ClN2O3. The molecule has 0 fully saturated rings. The quantitative estimate of drug-likeness (QED) is 0.194. The van der Waals surface area contributed by atoms with Crippen molar-refractivity contribution in [1.82, 2.24) is 9.55 Å². The number of aromatic nitrogens is 2. The van der Waals surface area contributed by atoms with Crippen LogP contribution in [0.25, 0.3) is 21.8 Å². The van der Waals surface area contributed by atoms with Gasteiger partial charge in [-0.05, 0) is 74.2 Å². The predicted octanol–water partition coefficient (Wildman–Crippen LogP) is 8.08. The van der Waals surface area contributed by atoms with Gasteiger partial charge in [0.25, 0.3) is 0 Å². The van der Waals surface area contributed by atoms with Crippen molar-refractivity contribution in [2.75, 3.05) is 0 Å². The molecule has 200 valence electrons. The van der Waals surface area contributed by atoms with Crippen molar-refractivity contribution in [2.45, 2.75) is 53.2 Å². The number of aliphatic carboxylic acids is 1. The molecule has 0 aliphatic rings. The molecule has 0 saturated carbocycles. The third-order valence-corrected chi connectivity index (χ3v) is 7.48. The molecule has 3 aromatic carbocycles. The Morgan fingerprint density at radius 2 is 1.79 bits per heavy atom. The van der Waals surface area contributed by atoms with Crippen molar-refractivity contribution in [1.29, 1.82) is 0 Å². The summed E-state index contributed by atoms with van der Waals surface area (Å²) in [5.74, 6) is -0.0467. The number of carboxylic acids is 1. The van der Waals surface area contributed by atoms with Crippen LogP contribution in [-0.4, -0.2) is 20.6 Å². The molecule has 0 aliphatic heterocycles. The first-order chi connectivity index (χ1) is 18.7. The van der Waals surface area contributed by atoms with Gasteiger partial charge in [0.05, 0.1) is 22.1 Å². The fraction of sp³-hybridized carbons (Fsp3) is 0.273. The van der Waals surface area contributed by atoms with Gasteiger partial charge in [-0.1, -0.05) is 54.9 Å². The van der Waals surface area contributed by atoms with Crippen molar-refractivity contribution in [3.05, 3.63) is 106 Å². The lowest BCUT2D eigenvalue weighted by Gasteiger charge is -2.22. The van der Waals surface area contributed by atoms with Crippen LogP contribution >= 0.6 is 11.6 Å². The largest absolute Gasteiger partial charge is 0.487 e. The fourth-order valence-corrected chi connectivity index (χ4v) is 5.19. The molecule has 0 spiro atoms. The Morgan fingerprint density at radius 1 is 1.03 bits per heavy atom. The zero-order chi connectivity index (χ0) is 27.6. The van der Waals surface area contributed by atoms with Gasteiger partial charge in [0.2, 0.25) is 0 Å². The van der Waals surface area contributed by atoms with E-state index in [0.29, 0.717) is 24.5 Å². The number of nitrogens with zero attached hydrogens (tertiary/aromatic N) is 2. The predicted molar refractivity (Wildman–Crippen MR) is 158 cm³/mol. The Balaban J connectivity index is 1.54. The van der Waals surface area contributed by atoms with E-state index in [1.807, 2.05) is 60.7 Å². The molecule has 0 bridgehead atoms. The van der Waals surface area contributed by atoms with Gasteiger partial charge in [-0.3, -0.25) is 4.79 Å². The summed E-state index contributed by atoms with van der Waals surface area (Å²) in [7, 11) is 0. The van der Waals surface area contributed by atoms with Gasteiger partial charge in [0.1, 0.15) is 12.4 Å². The topological polar surface area (TPSA) is 64.4 Å². The van der Waals surface area contributed by atoms with Crippen molar-refractivity contribution >= 4 is 39.4 Å². The van der Waals surface area contributed by atoms with E-state index in [2.05, 4.69) is 29.7 Å². The number of hydrogen-bond donors (Lipinski definition) is 1. The van der Waals surface area contributed by atoms with Crippen molar-refractivity contribution < 1.29 is 14.6 Å². The van der Waals surface area contributed by atoms with Gasteiger partial charge in [0.15, 0.2) is 0 Å². The minimum absolute atomic E-state index is 0.362. The lowest BCUT2D eigenvalue weighted by molar-refractivity contribution is -0.146. The van der Waals surface area contributed by atoms with Gasteiger partial charge in [-0.15, -0.1) is 0 Å². The van der Waals surface area contributed by atoms with E-state index in [4.69, 9.17) is 21.3 Å². The van der Waals surface area contributed by atoms with Crippen molar-refractivity contribution in [3.63, 3.8) is 0 Å². The summed E-state index contributed by atoms with van der Waals surface area (Å²) in [5.41, 5.74) is 5.30. The third kappa shape index (κ3) is 5.79. The summed E-state index contributed by atoms with van der Waals surface area (Å²) < 4.78 is 8.50. The smallest absolute Gasteiger partial charge is 0.309 e. The number of aryl methyl sites for hydroxylation is 1. The molecule has 2 aromatic heterocycles. The highest BCUT2D eigenvalue weighted by Crippen LogP contribution is 2.36. The van der Waals surface area contributed by atoms with Crippen LogP contribution in [0.3, 0.4) is 0 Å². The van der Waals surface area contributed by atoms with E-state index >= 15 is 0 Å². The maximum Gasteiger partial charge on any atom is 0.309 e. The van der Waals surface area contributed by atoms with E-state index in [9.17, 15) is 9.90 Å². The third-order valence-electron chi connectivity index (χ3n) is 7.23. The minimum atomic E-state index is -0.907. The summed E-state index contributed by atoms with van der Waals surface area (Å²) in [6, 6.07) is 26.2. The number of halogens is 1. The molecule has 5 nitrogen and oxygen atoms in total. The molecule has 0 atom stereocenters. The van der Waals surface area contributed by atoms with Crippen LogP contribution in [-0.2, 0) is 30.8 Å². The van der Waals surface area contributed by atoms with Crippen molar-refractivity contribution in [2.24, 2.45) is 5.41 Å². The monoisotopic (exact) mass is 540 g/mol. The molecule has 1 N–H and O–H groups in total. The number of rotatable bonds is 10. The molecule has 0 saturated heterocycles. The molecule has 0 radical (unpaired) electrons. The van der Waals surface area contributed by atoms with Gasteiger partial charge in [-0.25, -0.2) is 4.98 Å². The molecule has 6 heteroatoms. The Labute approximate surface area is 234 Å². The minimum Gasteiger partial charge on any atom is -0.487 e. The number of hydrogen-bond acceptors (Lipinski definition) is 3. The molecular weight excluding hydrogens is 508 g/mol. The molecule has 0 unspecified atom stereocenters. The molecule has 2 heterocycles. The molecule has 5 rings (SSSR count). The van der Waals surface area contributed by atoms with Crippen LogP contribution in [0.4, 0.5) is 0 Å². The lowest BCUT2D eigenvalue weighted by atomic mass is 9.86. The van der Waals surface area contributed by atoms with E-state index in [1.165, 1.54) is 0 Å². The number of fused-ring (bicyclic) bond motifs is 2. The average Bonchev–Trinajstić information content (AvgIpc) is 3.19. The van der Waals surface area contributed by atoms with Crippen LogP contribution in [0.15, 0.2) is 78.9 Å². The molecule has 0 amide bonds. The fourth-order valence-electron chi connectivity index (χ4n) is 5.07. The van der Waals surface area contributed by atoms with E-state index in [0.717, 1.165) is 63.0 Å². The normalized spacial score (nSPS) is 11.8. The second-order valence-corrected chi connectivity index (χ2v) is 11.1. The van der Waals surface area contributed by atoms with Crippen LogP contribution in [0.2, 0.25) is 5.02 Å². The Bertz CT molecular complexity index is 1640. The SMILES string of the molecule is CCCn1c(CC(C)(C)C(=O)O)c(Cc2ccc(Cl)cc2)c2ccc(OCc3ccc4ccccc4n3)cc21. The van der Waals surface area contributed by atoms with Crippen LogP contribution in [0.1, 0.15) is 49.7 Å². The number of para-hydroxylation sites is 1. The van der Waals surface area contributed by atoms with Crippen LogP contribution in [0, 0.1) is 5.41 Å². The van der Waals surface area contributed by atoms with Gasteiger partial charge >= 0.3 is 5.97 Å². The Kier molecular flexibility index (Phi) is 7.62. The summed E-state index contributed by atoms with van der Waals surface area (Å²) in [4.78, 5) is 16.9. The highest BCUT2D eigenvalue weighted by molar-refractivity contribution is 6.30. The maximum absolute atomic E-state index is 12.1. The van der Waals surface area contributed by atoms with Crippen molar-refractivity contribution in [3.8, 4) is 5.75 Å². The zero-order valence-electron chi connectivity index (χ0n) is 22.6. The summed E-state index contributed by atoms with van der Waals surface area (Å²) in [5, 5.41) is 12.9. The van der Waals surface area contributed by atoms with E-state index in [1.54, 1.807) is 13.8 Å². The van der Waals surface area contributed by atoms with Gasteiger partial charge in [0, 0.05) is 40.5 Å². The first kappa shape index (κ1) is 26.8. The van der Waals surface area contributed by atoms with Crippen LogP contribution in [0.5, 0.6) is 5.75 Å².